The average molecular weight is 219 g/mol. The van der Waals surface area contributed by atoms with Crippen LogP contribution >= 0.6 is 0 Å². The van der Waals surface area contributed by atoms with Gasteiger partial charge in [-0.25, -0.2) is 8.42 Å². The van der Waals surface area contributed by atoms with E-state index in [2.05, 4.69) is 5.32 Å². The normalized spacial score (nSPS) is 26.1. The molecule has 1 atom stereocenters. The standard InChI is InChI=1S/C9H17NO3S/c1-9(2,3)8(11)10-7-4-5-14(12,13)6-7/h7H,4-6H2,1-3H3,(H,10,11). The van der Waals surface area contributed by atoms with Crippen LogP contribution in [0.4, 0.5) is 0 Å². The van der Waals surface area contributed by atoms with Crippen molar-refractivity contribution in [2.75, 3.05) is 11.5 Å². The van der Waals surface area contributed by atoms with Gasteiger partial charge >= 0.3 is 0 Å². The number of amides is 1. The molecule has 0 saturated carbocycles. The highest BCUT2D eigenvalue weighted by Crippen LogP contribution is 2.16. The molecular formula is C9H17NO3S. The number of hydrogen-bond acceptors (Lipinski definition) is 3. The number of rotatable bonds is 1. The van der Waals surface area contributed by atoms with Crippen LogP contribution in [0.2, 0.25) is 0 Å². The Morgan fingerprint density at radius 2 is 1.93 bits per heavy atom. The lowest BCUT2D eigenvalue weighted by Crippen LogP contribution is -2.42. The lowest BCUT2D eigenvalue weighted by atomic mass is 9.95. The van der Waals surface area contributed by atoms with Crippen molar-refractivity contribution in [3.63, 3.8) is 0 Å². The Hall–Kier alpha value is -0.580. The first-order valence-corrected chi connectivity index (χ1v) is 6.54. The molecule has 0 aliphatic carbocycles. The van der Waals surface area contributed by atoms with E-state index in [0.29, 0.717) is 6.42 Å². The fourth-order valence-electron chi connectivity index (χ4n) is 1.31. The molecule has 1 unspecified atom stereocenters. The third-order valence-electron chi connectivity index (χ3n) is 2.25. The third kappa shape index (κ3) is 2.97. The van der Waals surface area contributed by atoms with E-state index in [1.54, 1.807) is 0 Å². The van der Waals surface area contributed by atoms with Gasteiger partial charge in [0.15, 0.2) is 9.84 Å². The van der Waals surface area contributed by atoms with Crippen LogP contribution in [-0.4, -0.2) is 31.9 Å². The van der Waals surface area contributed by atoms with Gasteiger partial charge in [0.1, 0.15) is 0 Å². The Morgan fingerprint density at radius 1 is 1.36 bits per heavy atom. The van der Waals surface area contributed by atoms with Crippen molar-refractivity contribution >= 4 is 15.7 Å². The highest BCUT2D eigenvalue weighted by molar-refractivity contribution is 7.91. The van der Waals surface area contributed by atoms with Crippen molar-refractivity contribution in [1.82, 2.24) is 5.32 Å². The summed E-state index contributed by atoms with van der Waals surface area (Å²) in [6.45, 7) is 5.43. The second-order valence-corrected chi connectivity index (χ2v) is 7.05. The van der Waals surface area contributed by atoms with Gasteiger partial charge in [0.05, 0.1) is 11.5 Å². The van der Waals surface area contributed by atoms with E-state index in [1.165, 1.54) is 0 Å². The number of carbonyl (C=O) groups is 1. The zero-order valence-corrected chi connectivity index (χ0v) is 9.65. The quantitative estimate of drug-likeness (QED) is 0.691. The predicted molar refractivity (Wildman–Crippen MR) is 54.7 cm³/mol. The monoisotopic (exact) mass is 219 g/mol. The van der Waals surface area contributed by atoms with E-state index in [9.17, 15) is 13.2 Å². The molecule has 0 spiro atoms. The van der Waals surface area contributed by atoms with Crippen molar-refractivity contribution in [3.05, 3.63) is 0 Å². The van der Waals surface area contributed by atoms with Crippen LogP contribution in [0.3, 0.4) is 0 Å². The Bertz CT molecular complexity index is 326. The first kappa shape index (κ1) is 11.5. The lowest BCUT2D eigenvalue weighted by Gasteiger charge is -2.20. The molecule has 0 aromatic carbocycles. The highest BCUT2D eigenvalue weighted by Gasteiger charge is 2.31. The van der Waals surface area contributed by atoms with Crippen molar-refractivity contribution in [2.45, 2.75) is 33.2 Å². The summed E-state index contributed by atoms with van der Waals surface area (Å²) >= 11 is 0. The molecule has 1 amide bonds. The maximum atomic E-state index is 11.5. The average Bonchev–Trinajstić information content (AvgIpc) is 2.28. The molecule has 0 radical (unpaired) electrons. The number of hydrogen-bond donors (Lipinski definition) is 1. The summed E-state index contributed by atoms with van der Waals surface area (Å²) in [4.78, 5) is 11.5. The summed E-state index contributed by atoms with van der Waals surface area (Å²) in [7, 11) is -2.90. The van der Waals surface area contributed by atoms with Gasteiger partial charge in [0, 0.05) is 11.5 Å². The summed E-state index contributed by atoms with van der Waals surface area (Å²) in [5.74, 6) is 0.205. The molecule has 4 nitrogen and oxygen atoms in total. The predicted octanol–water partition coefficient (Wildman–Crippen LogP) is 0.336. The Labute approximate surface area is 85.0 Å². The van der Waals surface area contributed by atoms with Crippen LogP contribution in [0, 0.1) is 5.41 Å². The van der Waals surface area contributed by atoms with Crippen LogP contribution in [0.5, 0.6) is 0 Å². The van der Waals surface area contributed by atoms with Gasteiger partial charge in [0.25, 0.3) is 0 Å². The Morgan fingerprint density at radius 3 is 2.29 bits per heavy atom. The molecule has 1 N–H and O–H groups in total. The van der Waals surface area contributed by atoms with Crippen molar-refractivity contribution in [2.24, 2.45) is 5.41 Å². The maximum absolute atomic E-state index is 11.5. The van der Waals surface area contributed by atoms with Crippen molar-refractivity contribution in [1.29, 1.82) is 0 Å². The Kier molecular flexibility index (Phi) is 2.90. The van der Waals surface area contributed by atoms with Gasteiger partial charge < -0.3 is 5.32 Å². The molecule has 1 heterocycles. The zero-order valence-electron chi connectivity index (χ0n) is 8.83. The lowest BCUT2D eigenvalue weighted by molar-refractivity contribution is -0.129. The summed E-state index contributed by atoms with van der Waals surface area (Å²) in [5.41, 5.74) is -0.452. The molecule has 82 valence electrons. The smallest absolute Gasteiger partial charge is 0.225 e. The van der Waals surface area contributed by atoms with E-state index in [-0.39, 0.29) is 23.5 Å². The zero-order chi connectivity index (χ0) is 11.0. The number of carbonyl (C=O) groups excluding carboxylic acids is 1. The fourth-order valence-corrected chi connectivity index (χ4v) is 2.98. The molecule has 1 rings (SSSR count). The van der Waals surface area contributed by atoms with Crippen LogP contribution in [0.25, 0.3) is 0 Å². The second kappa shape index (κ2) is 3.53. The molecule has 1 aliphatic heterocycles. The molecule has 14 heavy (non-hydrogen) atoms. The van der Waals surface area contributed by atoms with Gasteiger partial charge in [-0.3, -0.25) is 4.79 Å². The molecule has 0 aromatic heterocycles. The molecule has 5 heteroatoms. The van der Waals surface area contributed by atoms with Crippen molar-refractivity contribution < 1.29 is 13.2 Å². The van der Waals surface area contributed by atoms with Gasteiger partial charge in [-0.05, 0) is 6.42 Å². The van der Waals surface area contributed by atoms with Gasteiger partial charge in [-0.15, -0.1) is 0 Å². The van der Waals surface area contributed by atoms with Crippen LogP contribution in [0.15, 0.2) is 0 Å². The highest BCUT2D eigenvalue weighted by atomic mass is 32.2. The maximum Gasteiger partial charge on any atom is 0.225 e. The molecule has 1 aliphatic rings. The molecule has 1 saturated heterocycles. The van der Waals surface area contributed by atoms with E-state index >= 15 is 0 Å². The van der Waals surface area contributed by atoms with Gasteiger partial charge in [-0.1, -0.05) is 20.8 Å². The first-order chi connectivity index (χ1) is 6.21. The van der Waals surface area contributed by atoms with E-state index in [4.69, 9.17) is 0 Å². The van der Waals surface area contributed by atoms with E-state index < -0.39 is 15.3 Å². The largest absolute Gasteiger partial charge is 0.352 e. The van der Waals surface area contributed by atoms with Gasteiger partial charge in [-0.2, -0.15) is 0 Å². The third-order valence-corrected chi connectivity index (χ3v) is 4.02. The minimum absolute atomic E-state index is 0.0837. The van der Waals surface area contributed by atoms with Crippen LogP contribution < -0.4 is 5.32 Å². The minimum atomic E-state index is -2.90. The first-order valence-electron chi connectivity index (χ1n) is 4.72. The minimum Gasteiger partial charge on any atom is -0.352 e. The Balaban J connectivity index is 2.53. The van der Waals surface area contributed by atoms with Crippen LogP contribution in [0.1, 0.15) is 27.2 Å². The molecular weight excluding hydrogens is 202 g/mol. The van der Waals surface area contributed by atoms with E-state index in [1.807, 2.05) is 20.8 Å². The number of nitrogens with one attached hydrogen (secondary N) is 1. The molecule has 0 bridgehead atoms. The summed E-state index contributed by atoms with van der Waals surface area (Å²) in [6, 6.07) is -0.188. The summed E-state index contributed by atoms with van der Waals surface area (Å²) < 4.78 is 22.2. The molecule has 1 fully saturated rings. The van der Waals surface area contributed by atoms with Crippen LogP contribution in [-0.2, 0) is 14.6 Å². The second-order valence-electron chi connectivity index (χ2n) is 4.82. The number of sulfone groups is 1. The fraction of sp³-hybridized carbons (Fsp3) is 0.889. The SMILES string of the molecule is CC(C)(C)C(=O)NC1CCS(=O)(=O)C1. The molecule has 0 aromatic rings. The topological polar surface area (TPSA) is 63.2 Å². The van der Waals surface area contributed by atoms with Gasteiger partial charge in [0.2, 0.25) is 5.91 Å². The van der Waals surface area contributed by atoms with Crippen molar-refractivity contribution in [3.8, 4) is 0 Å². The van der Waals surface area contributed by atoms with E-state index in [0.717, 1.165) is 0 Å². The summed E-state index contributed by atoms with van der Waals surface area (Å²) in [5, 5.41) is 2.76. The summed E-state index contributed by atoms with van der Waals surface area (Å²) in [6.07, 6.45) is 0.546.